The van der Waals surface area contributed by atoms with Gasteiger partial charge in [-0.1, -0.05) is 29.3 Å². The summed E-state index contributed by atoms with van der Waals surface area (Å²) < 4.78 is 0. The molecule has 1 aromatic carbocycles. The third-order valence-electron chi connectivity index (χ3n) is 1.68. The second-order valence-electron chi connectivity index (χ2n) is 2.69. The maximum atomic E-state index is 10.7. The number of nitrogens with one attached hydrogen (secondary N) is 1. The van der Waals surface area contributed by atoms with Gasteiger partial charge in [0.2, 0.25) is 0 Å². The summed E-state index contributed by atoms with van der Waals surface area (Å²) in [5.74, 6) is -2.64. The number of carboxylic acids is 1. The van der Waals surface area contributed by atoms with E-state index in [0.717, 1.165) is 0 Å². The molecule has 4 nitrogen and oxygen atoms in total. The molecule has 2 N–H and O–H groups in total. The molecule has 0 radical (unpaired) electrons. The molecule has 0 bridgehead atoms. The number of aliphatic carboxylic acids is 1. The largest absolute Gasteiger partial charge is 0.474 e. The highest BCUT2D eigenvalue weighted by Gasteiger charge is 2.12. The molecule has 80 valence electrons. The Hall–Kier alpha value is -1.26. The molecule has 0 heterocycles. The summed E-state index contributed by atoms with van der Waals surface area (Å²) in [4.78, 5) is 21.0. The Kier molecular flexibility index (Phi) is 3.94. The van der Waals surface area contributed by atoms with E-state index in [0.29, 0.717) is 15.6 Å². The van der Waals surface area contributed by atoms with Gasteiger partial charge in [0.05, 0.1) is 0 Å². The second-order valence-corrected chi connectivity index (χ2v) is 3.50. The van der Waals surface area contributed by atoms with Gasteiger partial charge in [-0.15, -0.1) is 0 Å². The van der Waals surface area contributed by atoms with Gasteiger partial charge >= 0.3 is 11.9 Å². The van der Waals surface area contributed by atoms with Gasteiger partial charge < -0.3 is 10.4 Å². The van der Waals surface area contributed by atoms with E-state index in [1.165, 1.54) is 0 Å². The highest BCUT2D eigenvalue weighted by atomic mass is 35.5. The van der Waals surface area contributed by atoms with Crippen LogP contribution in [0.4, 0.5) is 0 Å². The normalized spacial score (nSPS) is 9.73. The molecule has 15 heavy (non-hydrogen) atoms. The van der Waals surface area contributed by atoms with Crippen LogP contribution in [0.1, 0.15) is 5.56 Å². The first-order chi connectivity index (χ1) is 7.02. The molecule has 0 atom stereocenters. The minimum absolute atomic E-state index is 0.0103. The predicted octanol–water partition coefficient (Wildman–Crippen LogP) is 1.69. The van der Waals surface area contributed by atoms with E-state index in [1.54, 1.807) is 18.2 Å². The lowest BCUT2D eigenvalue weighted by Crippen LogP contribution is -2.30. The van der Waals surface area contributed by atoms with Crippen LogP contribution in [0, 0.1) is 0 Å². The van der Waals surface area contributed by atoms with Gasteiger partial charge in [-0.2, -0.15) is 0 Å². The van der Waals surface area contributed by atoms with Crippen molar-refractivity contribution in [1.82, 2.24) is 5.32 Å². The Morgan fingerprint density at radius 3 is 2.27 bits per heavy atom. The number of carboxylic acid groups (broad SMARTS) is 1. The molecule has 0 aromatic heterocycles. The lowest BCUT2D eigenvalue weighted by Gasteiger charge is -2.06. The number of halogens is 2. The maximum Gasteiger partial charge on any atom is 0.394 e. The quantitative estimate of drug-likeness (QED) is 0.782. The molecule has 0 aliphatic rings. The van der Waals surface area contributed by atoms with Crippen molar-refractivity contribution < 1.29 is 14.7 Å². The number of hydrogen-bond acceptors (Lipinski definition) is 2. The van der Waals surface area contributed by atoms with E-state index in [2.05, 4.69) is 5.32 Å². The summed E-state index contributed by atoms with van der Waals surface area (Å²) in [7, 11) is 0. The molecular weight excluding hydrogens is 241 g/mol. The fourth-order valence-corrected chi connectivity index (χ4v) is 1.48. The average molecular weight is 248 g/mol. The zero-order valence-corrected chi connectivity index (χ0v) is 8.97. The van der Waals surface area contributed by atoms with Crippen LogP contribution in [0.3, 0.4) is 0 Å². The predicted molar refractivity (Wildman–Crippen MR) is 55.9 cm³/mol. The summed E-state index contributed by atoms with van der Waals surface area (Å²) in [5.41, 5.74) is 0.496. The first-order valence-corrected chi connectivity index (χ1v) is 4.72. The van der Waals surface area contributed by atoms with E-state index in [9.17, 15) is 9.59 Å². The van der Waals surface area contributed by atoms with E-state index >= 15 is 0 Å². The molecule has 6 heteroatoms. The Labute approximate surface area is 95.8 Å². The monoisotopic (exact) mass is 247 g/mol. The number of carbonyl (C=O) groups excluding carboxylic acids is 1. The van der Waals surface area contributed by atoms with Crippen molar-refractivity contribution >= 4 is 35.1 Å². The van der Waals surface area contributed by atoms with Crippen molar-refractivity contribution in [3.8, 4) is 0 Å². The molecular formula is C9H7Cl2NO3. The van der Waals surface area contributed by atoms with Gasteiger partial charge in [-0.25, -0.2) is 4.79 Å². The van der Waals surface area contributed by atoms with Gasteiger partial charge in [-0.05, 0) is 12.1 Å². The molecule has 0 saturated heterocycles. The Morgan fingerprint density at radius 1 is 1.27 bits per heavy atom. The zero-order valence-electron chi connectivity index (χ0n) is 7.46. The molecule has 1 aromatic rings. The van der Waals surface area contributed by atoms with Crippen LogP contribution >= 0.6 is 23.2 Å². The minimum atomic E-state index is -1.54. The van der Waals surface area contributed by atoms with Crippen molar-refractivity contribution in [3.05, 3.63) is 33.8 Å². The molecule has 0 saturated carbocycles. The Bertz CT molecular complexity index is 386. The van der Waals surface area contributed by atoms with Crippen LogP contribution in [0.5, 0.6) is 0 Å². The van der Waals surface area contributed by atoms with Crippen LogP contribution < -0.4 is 5.32 Å². The van der Waals surface area contributed by atoms with Gasteiger partial charge in [0.15, 0.2) is 0 Å². The molecule has 0 spiro atoms. The number of hydrogen-bond donors (Lipinski definition) is 2. The lowest BCUT2D eigenvalue weighted by molar-refractivity contribution is -0.150. The highest BCUT2D eigenvalue weighted by molar-refractivity contribution is 6.36. The van der Waals surface area contributed by atoms with Crippen molar-refractivity contribution in [1.29, 1.82) is 0 Å². The average Bonchev–Trinajstić information content (AvgIpc) is 2.16. The minimum Gasteiger partial charge on any atom is -0.474 e. The van der Waals surface area contributed by atoms with Crippen molar-refractivity contribution in [3.63, 3.8) is 0 Å². The van der Waals surface area contributed by atoms with Crippen LogP contribution in [0.2, 0.25) is 10.0 Å². The van der Waals surface area contributed by atoms with E-state index in [4.69, 9.17) is 28.3 Å². The zero-order chi connectivity index (χ0) is 11.4. The van der Waals surface area contributed by atoms with Crippen LogP contribution in [-0.2, 0) is 16.1 Å². The molecule has 1 amide bonds. The van der Waals surface area contributed by atoms with Crippen LogP contribution in [-0.4, -0.2) is 17.0 Å². The molecule has 0 aliphatic heterocycles. The van der Waals surface area contributed by atoms with Gasteiger partial charge in [-0.3, -0.25) is 4.79 Å². The molecule has 0 unspecified atom stereocenters. The first kappa shape index (κ1) is 11.8. The number of carbonyl (C=O) groups is 2. The number of benzene rings is 1. The van der Waals surface area contributed by atoms with E-state index in [-0.39, 0.29) is 6.54 Å². The standard InChI is InChI=1S/C9H7Cl2NO3/c10-6-2-1-3-7(11)5(6)4-12-8(13)9(14)15/h1-3H,4H2,(H,12,13)(H,14,15). The first-order valence-electron chi connectivity index (χ1n) is 3.96. The smallest absolute Gasteiger partial charge is 0.394 e. The van der Waals surface area contributed by atoms with Gasteiger partial charge in [0.1, 0.15) is 0 Å². The number of amides is 1. The molecule has 0 aliphatic carbocycles. The second kappa shape index (κ2) is 5.00. The lowest BCUT2D eigenvalue weighted by atomic mass is 10.2. The highest BCUT2D eigenvalue weighted by Crippen LogP contribution is 2.23. The van der Waals surface area contributed by atoms with Crippen LogP contribution in [0.25, 0.3) is 0 Å². The Balaban J connectivity index is 2.73. The van der Waals surface area contributed by atoms with Crippen molar-refractivity contribution in [2.75, 3.05) is 0 Å². The van der Waals surface area contributed by atoms with Crippen molar-refractivity contribution in [2.24, 2.45) is 0 Å². The Morgan fingerprint density at radius 2 is 1.80 bits per heavy atom. The van der Waals surface area contributed by atoms with E-state index < -0.39 is 11.9 Å². The summed E-state index contributed by atoms with van der Waals surface area (Å²) in [6.07, 6.45) is 0. The van der Waals surface area contributed by atoms with Crippen LogP contribution in [0.15, 0.2) is 18.2 Å². The summed E-state index contributed by atoms with van der Waals surface area (Å²) in [6, 6.07) is 4.87. The molecule has 0 fully saturated rings. The SMILES string of the molecule is O=C(O)C(=O)NCc1c(Cl)cccc1Cl. The van der Waals surface area contributed by atoms with Gasteiger partial charge in [0, 0.05) is 22.2 Å². The van der Waals surface area contributed by atoms with Gasteiger partial charge in [0.25, 0.3) is 0 Å². The summed E-state index contributed by atoms with van der Waals surface area (Å²) in [6.45, 7) is -0.0103. The third kappa shape index (κ3) is 3.11. The fraction of sp³-hybridized carbons (Fsp3) is 0.111. The topological polar surface area (TPSA) is 66.4 Å². The molecule has 1 rings (SSSR count). The number of rotatable bonds is 2. The fourth-order valence-electron chi connectivity index (χ4n) is 0.945. The summed E-state index contributed by atoms with van der Waals surface area (Å²) >= 11 is 11.6. The van der Waals surface area contributed by atoms with E-state index in [1.807, 2.05) is 0 Å². The third-order valence-corrected chi connectivity index (χ3v) is 2.39. The maximum absolute atomic E-state index is 10.7. The summed E-state index contributed by atoms with van der Waals surface area (Å²) in [5, 5.41) is 11.3. The van der Waals surface area contributed by atoms with Crippen molar-refractivity contribution in [2.45, 2.75) is 6.54 Å².